The number of amides is 1. The number of aliphatic hydroxyl groups is 2. The van der Waals surface area contributed by atoms with Crippen LogP contribution in [0.5, 0.6) is 0 Å². The van der Waals surface area contributed by atoms with Crippen molar-refractivity contribution in [1.82, 2.24) is 15.1 Å². The van der Waals surface area contributed by atoms with Crippen LogP contribution in [0.25, 0.3) is 0 Å². The summed E-state index contributed by atoms with van der Waals surface area (Å²) in [5.41, 5.74) is 1.37. The van der Waals surface area contributed by atoms with Gasteiger partial charge in [-0.05, 0) is 32.3 Å². The topological polar surface area (TPSA) is 89.5 Å². The quantitative estimate of drug-likeness (QED) is 0.715. The molecule has 0 aromatic carbocycles. The van der Waals surface area contributed by atoms with Crippen LogP contribution < -0.4 is 0 Å². The summed E-state index contributed by atoms with van der Waals surface area (Å²) in [6.07, 6.45) is 1.68. The maximum atomic E-state index is 12.3. The van der Waals surface area contributed by atoms with Crippen molar-refractivity contribution in [3.63, 3.8) is 0 Å². The highest BCUT2D eigenvalue weighted by molar-refractivity contribution is 5.85. The van der Waals surface area contributed by atoms with Crippen LogP contribution in [0.15, 0.2) is 6.07 Å². The van der Waals surface area contributed by atoms with Crippen LogP contribution in [0.2, 0.25) is 0 Å². The Kier molecular flexibility index (Phi) is 3.30. The first-order chi connectivity index (χ1) is 9.54. The third-order valence-corrected chi connectivity index (χ3v) is 4.53. The third kappa shape index (κ3) is 2.33. The van der Waals surface area contributed by atoms with Gasteiger partial charge in [-0.3, -0.25) is 9.89 Å². The zero-order chi connectivity index (χ0) is 14.3. The van der Waals surface area contributed by atoms with E-state index < -0.39 is 11.5 Å². The number of aromatic amines is 1. The Bertz CT molecular complexity index is 510. The molecule has 3 rings (SSSR count). The molecule has 0 bridgehead atoms. The fraction of sp³-hybridized carbons (Fsp3) is 0.714. The number of hydrogen-bond acceptors (Lipinski definition) is 4. The number of nitrogens with zero attached hydrogens (tertiary/aromatic N) is 2. The minimum absolute atomic E-state index is 0.000224. The van der Waals surface area contributed by atoms with E-state index in [1.165, 1.54) is 0 Å². The highest BCUT2D eigenvalue weighted by Gasteiger charge is 2.52. The number of aryl methyl sites for hydroxylation is 1. The maximum absolute atomic E-state index is 12.3. The summed E-state index contributed by atoms with van der Waals surface area (Å²) >= 11 is 0. The SMILES string of the molecule is Cc1cc(C[C@@H]2CN(C(=O)C3(CO)CC3)C[C@H]2O)n[nH]1. The summed E-state index contributed by atoms with van der Waals surface area (Å²) < 4.78 is 0. The average molecular weight is 279 g/mol. The van der Waals surface area contributed by atoms with Crippen molar-refractivity contribution in [2.24, 2.45) is 11.3 Å². The molecule has 1 aromatic rings. The standard InChI is InChI=1S/C14H21N3O3/c1-9-4-11(16-15-9)5-10-6-17(7-12(10)19)13(20)14(8-18)2-3-14/h4,10,12,18-19H,2-3,5-8H2,1H3,(H,15,16)/t10-,12-/m1/s1. The average Bonchev–Trinajstić information content (AvgIpc) is 3.01. The molecule has 1 amide bonds. The first kappa shape index (κ1) is 13.6. The molecule has 1 aromatic heterocycles. The molecule has 2 aliphatic rings. The number of rotatable bonds is 4. The summed E-state index contributed by atoms with van der Waals surface area (Å²) in [4.78, 5) is 14.0. The molecule has 110 valence electrons. The third-order valence-electron chi connectivity index (χ3n) is 4.53. The number of aliphatic hydroxyl groups excluding tert-OH is 2. The molecule has 0 spiro atoms. The van der Waals surface area contributed by atoms with Gasteiger partial charge >= 0.3 is 0 Å². The predicted octanol–water partition coefficient (Wildman–Crippen LogP) is -0.148. The first-order valence-corrected chi connectivity index (χ1v) is 7.13. The highest BCUT2D eigenvalue weighted by Crippen LogP contribution is 2.47. The van der Waals surface area contributed by atoms with Crippen molar-refractivity contribution in [2.75, 3.05) is 19.7 Å². The molecule has 2 atom stereocenters. The van der Waals surface area contributed by atoms with Crippen LogP contribution in [-0.4, -0.2) is 57.0 Å². The molecule has 20 heavy (non-hydrogen) atoms. The van der Waals surface area contributed by atoms with E-state index in [0.717, 1.165) is 24.2 Å². The van der Waals surface area contributed by atoms with Crippen molar-refractivity contribution in [2.45, 2.75) is 32.3 Å². The molecule has 2 fully saturated rings. The molecule has 0 radical (unpaired) electrons. The Morgan fingerprint density at radius 3 is 2.85 bits per heavy atom. The summed E-state index contributed by atoms with van der Waals surface area (Å²) in [6.45, 7) is 2.78. The van der Waals surface area contributed by atoms with Crippen LogP contribution in [0.1, 0.15) is 24.2 Å². The van der Waals surface area contributed by atoms with Gasteiger partial charge in [0.2, 0.25) is 5.91 Å². The van der Waals surface area contributed by atoms with Gasteiger partial charge in [0.25, 0.3) is 0 Å². The van der Waals surface area contributed by atoms with Gasteiger partial charge in [-0.2, -0.15) is 5.10 Å². The van der Waals surface area contributed by atoms with E-state index in [-0.39, 0.29) is 18.4 Å². The number of β-amino-alcohol motifs (C(OH)–C–C–N with tert-alkyl or cyclic N) is 1. The fourth-order valence-electron chi connectivity index (χ4n) is 2.99. The van der Waals surface area contributed by atoms with Crippen molar-refractivity contribution in [1.29, 1.82) is 0 Å². The minimum Gasteiger partial charge on any atom is -0.395 e. The molecule has 2 heterocycles. The number of likely N-dealkylation sites (tertiary alicyclic amines) is 1. The summed E-state index contributed by atoms with van der Waals surface area (Å²) in [6, 6.07) is 1.97. The molecule has 1 aliphatic carbocycles. The lowest BCUT2D eigenvalue weighted by atomic mass is 10.00. The predicted molar refractivity (Wildman–Crippen MR) is 71.9 cm³/mol. The number of nitrogens with one attached hydrogen (secondary N) is 1. The second-order valence-corrected chi connectivity index (χ2v) is 6.22. The minimum atomic E-state index is -0.544. The van der Waals surface area contributed by atoms with Crippen molar-refractivity contribution in [3.8, 4) is 0 Å². The van der Waals surface area contributed by atoms with E-state index in [1.54, 1.807) is 4.90 Å². The van der Waals surface area contributed by atoms with Crippen molar-refractivity contribution >= 4 is 5.91 Å². The van der Waals surface area contributed by atoms with E-state index >= 15 is 0 Å². The molecule has 1 saturated carbocycles. The molecular weight excluding hydrogens is 258 g/mol. The van der Waals surface area contributed by atoms with Gasteiger partial charge in [-0.25, -0.2) is 0 Å². The Morgan fingerprint density at radius 2 is 2.30 bits per heavy atom. The highest BCUT2D eigenvalue weighted by atomic mass is 16.3. The monoisotopic (exact) mass is 279 g/mol. The van der Waals surface area contributed by atoms with E-state index in [4.69, 9.17) is 0 Å². The number of carbonyl (C=O) groups excluding carboxylic acids is 1. The number of aromatic nitrogens is 2. The Labute approximate surface area is 117 Å². The van der Waals surface area contributed by atoms with E-state index in [9.17, 15) is 15.0 Å². The second-order valence-electron chi connectivity index (χ2n) is 6.22. The second kappa shape index (κ2) is 4.86. The van der Waals surface area contributed by atoms with Gasteiger partial charge in [-0.1, -0.05) is 0 Å². The van der Waals surface area contributed by atoms with E-state index in [0.29, 0.717) is 19.5 Å². The lowest BCUT2D eigenvalue weighted by Crippen LogP contribution is -2.37. The van der Waals surface area contributed by atoms with E-state index in [1.807, 2.05) is 13.0 Å². The van der Waals surface area contributed by atoms with Crippen LogP contribution in [0, 0.1) is 18.3 Å². The van der Waals surface area contributed by atoms with Gasteiger partial charge < -0.3 is 15.1 Å². The summed E-state index contributed by atoms with van der Waals surface area (Å²) in [7, 11) is 0. The van der Waals surface area contributed by atoms with Gasteiger partial charge in [0.15, 0.2) is 0 Å². The maximum Gasteiger partial charge on any atom is 0.231 e. The van der Waals surface area contributed by atoms with Crippen LogP contribution >= 0.6 is 0 Å². The van der Waals surface area contributed by atoms with Gasteiger partial charge in [0.05, 0.1) is 23.8 Å². The molecule has 6 nitrogen and oxygen atoms in total. The zero-order valence-electron chi connectivity index (χ0n) is 11.7. The smallest absolute Gasteiger partial charge is 0.231 e. The largest absolute Gasteiger partial charge is 0.395 e. The Balaban J connectivity index is 1.63. The first-order valence-electron chi connectivity index (χ1n) is 7.13. The van der Waals surface area contributed by atoms with Crippen molar-refractivity contribution < 1.29 is 15.0 Å². The molecule has 1 saturated heterocycles. The summed E-state index contributed by atoms with van der Waals surface area (Å²) in [5, 5.41) is 26.5. The molecular formula is C14H21N3O3. The van der Waals surface area contributed by atoms with Crippen LogP contribution in [-0.2, 0) is 11.2 Å². The van der Waals surface area contributed by atoms with Crippen LogP contribution in [0.3, 0.4) is 0 Å². The zero-order valence-corrected chi connectivity index (χ0v) is 11.7. The number of hydrogen-bond donors (Lipinski definition) is 3. The van der Waals surface area contributed by atoms with Crippen molar-refractivity contribution in [3.05, 3.63) is 17.5 Å². The molecule has 3 N–H and O–H groups in total. The fourth-order valence-corrected chi connectivity index (χ4v) is 2.99. The van der Waals surface area contributed by atoms with Gasteiger partial charge in [0, 0.05) is 24.7 Å². The number of H-pyrrole nitrogens is 1. The Hall–Kier alpha value is -1.40. The van der Waals surface area contributed by atoms with Gasteiger partial charge in [0.1, 0.15) is 0 Å². The Morgan fingerprint density at radius 1 is 1.55 bits per heavy atom. The van der Waals surface area contributed by atoms with Crippen LogP contribution in [0.4, 0.5) is 0 Å². The normalized spacial score (nSPS) is 27.9. The number of carbonyl (C=O) groups is 1. The molecule has 1 aliphatic heterocycles. The lowest BCUT2D eigenvalue weighted by molar-refractivity contribution is -0.137. The van der Waals surface area contributed by atoms with Gasteiger partial charge in [-0.15, -0.1) is 0 Å². The summed E-state index contributed by atoms with van der Waals surface area (Å²) in [5.74, 6) is 0.0240. The molecule has 6 heteroatoms. The van der Waals surface area contributed by atoms with E-state index in [2.05, 4.69) is 10.2 Å². The lowest BCUT2D eigenvalue weighted by Gasteiger charge is -2.21. The molecule has 0 unspecified atom stereocenters.